The Balaban J connectivity index is 2.20. The van der Waals surface area contributed by atoms with Crippen molar-refractivity contribution in [2.45, 2.75) is 19.3 Å². The van der Waals surface area contributed by atoms with E-state index >= 15 is 0 Å². The van der Waals surface area contributed by atoms with E-state index in [9.17, 15) is 0 Å². The molecule has 1 aliphatic heterocycles. The first-order valence-corrected chi connectivity index (χ1v) is 4.25. The van der Waals surface area contributed by atoms with Gasteiger partial charge < -0.3 is 0 Å². The molecular weight excluding hydrogens is 136 g/mol. The summed E-state index contributed by atoms with van der Waals surface area (Å²) in [6.07, 6.45) is 3.51. The zero-order valence-electron chi connectivity index (χ0n) is 6.92. The Hall–Kier alpha value is -0.550. The molecule has 1 fully saturated rings. The third-order valence-corrected chi connectivity index (χ3v) is 2.41. The molecule has 2 heteroatoms. The number of piperidine rings is 1. The summed E-state index contributed by atoms with van der Waals surface area (Å²) in [4.78, 5) is 2.21. The molecule has 1 aliphatic rings. The molecule has 0 aliphatic carbocycles. The SMILES string of the molecule is [CH2]CC1CCN(CC#N)CC1. The maximum absolute atomic E-state index is 8.44. The second kappa shape index (κ2) is 4.35. The van der Waals surface area contributed by atoms with Gasteiger partial charge in [-0.1, -0.05) is 13.3 Å². The Bertz CT molecular complexity index is 140. The molecule has 0 atom stereocenters. The van der Waals surface area contributed by atoms with Crippen molar-refractivity contribution < 1.29 is 0 Å². The summed E-state index contributed by atoms with van der Waals surface area (Å²) in [5.74, 6) is 0.810. The van der Waals surface area contributed by atoms with Gasteiger partial charge in [0.15, 0.2) is 0 Å². The third-order valence-electron chi connectivity index (χ3n) is 2.41. The summed E-state index contributed by atoms with van der Waals surface area (Å²) in [6, 6.07) is 2.18. The first kappa shape index (κ1) is 8.55. The molecule has 0 aromatic heterocycles. The van der Waals surface area contributed by atoms with E-state index in [4.69, 9.17) is 5.26 Å². The van der Waals surface area contributed by atoms with Gasteiger partial charge in [0, 0.05) is 0 Å². The monoisotopic (exact) mass is 151 g/mol. The number of nitrogens with zero attached hydrogens (tertiary/aromatic N) is 2. The minimum Gasteiger partial charge on any atom is -0.291 e. The van der Waals surface area contributed by atoms with Crippen LogP contribution < -0.4 is 0 Å². The summed E-state index contributed by atoms with van der Waals surface area (Å²) in [6.45, 7) is 6.68. The highest BCUT2D eigenvalue weighted by Gasteiger charge is 2.16. The van der Waals surface area contributed by atoms with Crippen LogP contribution in [0.2, 0.25) is 0 Å². The van der Waals surface area contributed by atoms with Crippen LogP contribution >= 0.6 is 0 Å². The van der Waals surface area contributed by atoms with Gasteiger partial charge in [-0.3, -0.25) is 4.90 Å². The van der Waals surface area contributed by atoms with Crippen molar-refractivity contribution in [1.82, 2.24) is 4.90 Å². The summed E-state index contributed by atoms with van der Waals surface area (Å²) in [5.41, 5.74) is 0. The lowest BCUT2D eigenvalue weighted by Crippen LogP contribution is -2.33. The highest BCUT2D eigenvalue weighted by Crippen LogP contribution is 2.18. The van der Waals surface area contributed by atoms with Gasteiger partial charge >= 0.3 is 0 Å². The maximum Gasteiger partial charge on any atom is 0.0865 e. The van der Waals surface area contributed by atoms with Crippen molar-refractivity contribution in [2.75, 3.05) is 19.6 Å². The van der Waals surface area contributed by atoms with Crippen molar-refractivity contribution in [3.8, 4) is 6.07 Å². The molecule has 0 amide bonds. The quantitative estimate of drug-likeness (QED) is 0.558. The summed E-state index contributed by atoms with van der Waals surface area (Å²) in [7, 11) is 0. The third kappa shape index (κ3) is 2.51. The van der Waals surface area contributed by atoms with E-state index in [2.05, 4.69) is 17.9 Å². The first-order valence-electron chi connectivity index (χ1n) is 4.25. The lowest BCUT2D eigenvalue weighted by molar-refractivity contribution is 0.203. The number of rotatable bonds is 2. The Morgan fingerprint density at radius 1 is 1.45 bits per heavy atom. The van der Waals surface area contributed by atoms with Crippen LogP contribution in [0.1, 0.15) is 19.3 Å². The average Bonchev–Trinajstić information content (AvgIpc) is 2.07. The second-order valence-electron chi connectivity index (χ2n) is 3.17. The molecule has 11 heavy (non-hydrogen) atoms. The van der Waals surface area contributed by atoms with Crippen molar-refractivity contribution >= 4 is 0 Å². The van der Waals surface area contributed by atoms with E-state index in [1.807, 2.05) is 0 Å². The van der Waals surface area contributed by atoms with Crippen molar-refractivity contribution in [2.24, 2.45) is 5.92 Å². The average molecular weight is 151 g/mol. The van der Waals surface area contributed by atoms with Crippen LogP contribution in [0.15, 0.2) is 0 Å². The molecule has 0 aromatic carbocycles. The Morgan fingerprint density at radius 2 is 2.09 bits per heavy atom. The lowest BCUT2D eigenvalue weighted by atomic mass is 9.94. The normalized spacial score (nSPS) is 21.5. The molecule has 2 nitrogen and oxygen atoms in total. The topological polar surface area (TPSA) is 27.0 Å². The molecule has 0 unspecified atom stereocenters. The van der Waals surface area contributed by atoms with Crippen LogP contribution in [-0.2, 0) is 0 Å². The van der Waals surface area contributed by atoms with Gasteiger partial charge in [-0.2, -0.15) is 5.26 Å². The van der Waals surface area contributed by atoms with Crippen LogP contribution in [0.25, 0.3) is 0 Å². The standard InChI is InChI=1S/C9H15N2/c1-2-9-3-6-11(7-4-9)8-5-10/h9H,1-4,6-8H2. The molecular formula is C9H15N2. The van der Waals surface area contributed by atoms with Gasteiger partial charge in [0.05, 0.1) is 12.6 Å². The van der Waals surface area contributed by atoms with Crippen molar-refractivity contribution in [3.05, 3.63) is 6.92 Å². The number of hydrogen-bond acceptors (Lipinski definition) is 2. The first-order chi connectivity index (χ1) is 5.36. The highest BCUT2D eigenvalue weighted by molar-refractivity contribution is 4.80. The molecule has 61 valence electrons. The van der Waals surface area contributed by atoms with Crippen LogP contribution in [0.5, 0.6) is 0 Å². The van der Waals surface area contributed by atoms with Gasteiger partial charge in [-0.15, -0.1) is 0 Å². The maximum atomic E-state index is 8.44. The summed E-state index contributed by atoms with van der Waals surface area (Å²) >= 11 is 0. The smallest absolute Gasteiger partial charge is 0.0865 e. The highest BCUT2D eigenvalue weighted by atomic mass is 15.1. The fourth-order valence-corrected chi connectivity index (χ4v) is 1.53. The van der Waals surface area contributed by atoms with Gasteiger partial charge in [-0.25, -0.2) is 0 Å². The minimum atomic E-state index is 0.601. The molecule has 0 aromatic rings. The second-order valence-corrected chi connectivity index (χ2v) is 3.17. The molecule has 1 saturated heterocycles. The van der Waals surface area contributed by atoms with E-state index in [1.54, 1.807) is 0 Å². The number of likely N-dealkylation sites (tertiary alicyclic amines) is 1. The van der Waals surface area contributed by atoms with Crippen LogP contribution in [0, 0.1) is 24.2 Å². The van der Waals surface area contributed by atoms with E-state index in [1.165, 1.54) is 12.8 Å². The van der Waals surface area contributed by atoms with Crippen LogP contribution in [0.4, 0.5) is 0 Å². The largest absolute Gasteiger partial charge is 0.291 e. The summed E-state index contributed by atoms with van der Waals surface area (Å²) < 4.78 is 0. The molecule has 0 spiro atoms. The zero-order valence-corrected chi connectivity index (χ0v) is 6.92. The van der Waals surface area contributed by atoms with E-state index in [-0.39, 0.29) is 0 Å². The fraction of sp³-hybridized carbons (Fsp3) is 0.778. The van der Waals surface area contributed by atoms with Crippen LogP contribution in [-0.4, -0.2) is 24.5 Å². The van der Waals surface area contributed by atoms with Crippen molar-refractivity contribution in [1.29, 1.82) is 5.26 Å². The molecule has 1 rings (SSSR count). The van der Waals surface area contributed by atoms with Gasteiger partial charge in [-0.05, 0) is 31.8 Å². The molecule has 1 heterocycles. The predicted molar refractivity (Wildman–Crippen MR) is 44.8 cm³/mol. The Morgan fingerprint density at radius 3 is 2.55 bits per heavy atom. The Labute approximate surface area is 68.8 Å². The molecule has 0 N–H and O–H groups in total. The van der Waals surface area contributed by atoms with Gasteiger partial charge in [0.25, 0.3) is 0 Å². The van der Waals surface area contributed by atoms with E-state index < -0.39 is 0 Å². The van der Waals surface area contributed by atoms with E-state index in [0.29, 0.717) is 6.54 Å². The van der Waals surface area contributed by atoms with Crippen molar-refractivity contribution in [3.63, 3.8) is 0 Å². The molecule has 1 radical (unpaired) electrons. The number of hydrogen-bond donors (Lipinski definition) is 0. The Kier molecular flexibility index (Phi) is 3.38. The fourth-order valence-electron chi connectivity index (χ4n) is 1.53. The van der Waals surface area contributed by atoms with E-state index in [0.717, 1.165) is 25.4 Å². The summed E-state index contributed by atoms with van der Waals surface area (Å²) in [5, 5.41) is 8.44. The van der Waals surface area contributed by atoms with Gasteiger partial charge in [0.1, 0.15) is 0 Å². The van der Waals surface area contributed by atoms with Crippen LogP contribution in [0.3, 0.4) is 0 Å². The minimum absolute atomic E-state index is 0.601. The lowest BCUT2D eigenvalue weighted by Gasteiger charge is -2.29. The molecule has 0 bridgehead atoms. The zero-order chi connectivity index (χ0) is 8.10. The van der Waals surface area contributed by atoms with Gasteiger partial charge in [0.2, 0.25) is 0 Å². The predicted octanol–water partition coefficient (Wildman–Crippen LogP) is 1.45. The molecule has 0 saturated carbocycles. The number of nitriles is 1.